The van der Waals surface area contributed by atoms with E-state index in [0.29, 0.717) is 24.7 Å². The fourth-order valence-corrected chi connectivity index (χ4v) is 1.71. The van der Waals surface area contributed by atoms with Gasteiger partial charge in [-0.3, -0.25) is 4.79 Å². The van der Waals surface area contributed by atoms with Crippen LogP contribution in [0.5, 0.6) is 11.5 Å². The van der Waals surface area contributed by atoms with Gasteiger partial charge in [-0.1, -0.05) is 12.1 Å². The van der Waals surface area contributed by atoms with Gasteiger partial charge in [-0.2, -0.15) is 0 Å². The Bertz CT molecular complexity index is 420. The number of methoxy groups -OCH3 is 2. The maximum absolute atomic E-state index is 11.5. The van der Waals surface area contributed by atoms with Crippen LogP contribution in [0, 0.1) is 0 Å². The monoisotopic (exact) mass is 267 g/mol. The van der Waals surface area contributed by atoms with Gasteiger partial charge in [0, 0.05) is 12.1 Å². The Hall–Kier alpha value is -1.75. The molecule has 0 saturated carbocycles. The maximum Gasteiger partial charge on any atom is 0.322 e. The molecular weight excluding hydrogens is 246 g/mol. The van der Waals surface area contributed by atoms with Gasteiger partial charge in [-0.15, -0.1) is 0 Å². The topological polar surface area (TPSA) is 56.8 Å². The molecule has 0 aromatic heterocycles. The first-order valence-corrected chi connectivity index (χ1v) is 6.23. The predicted octanol–water partition coefficient (Wildman–Crippen LogP) is 1.74. The number of para-hydroxylation sites is 1. The van der Waals surface area contributed by atoms with Crippen molar-refractivity contribution >= 4 is 5.97 Å². The first-order chi connectivity index (χ1) is 9.13. The summed E-state index contributed by atoms with van der Waals surface area (Å²) in [6.07, 6.45) is 0. The second-order valence-corrected chi connectivity index (χ2v) is 4.01. The van der Waals surface area contributed by atoms with E-state index < -0.39 is 0 Å². The van der Waals surface area contributed by atoms with Crippen molar-refractivity contribution in [2.45, 2.75) is 26.4 Å². The molecule has 0 amide bonds. The van der Waals surface area contributed by atoms with Crippen LogP contribution in [0.15, 0.2) is 18.2 Å². The Morgan fingerprint density at radius 1 is 1.32 bits per heavy atom. The van der Waals surface area contributed by atoms with Crippen LogP contribution in [0.1, 0.15) is 19.4 Å². The van der Waals surface area contributed by atoms with Crippen LogP contribution in [0.25, 0.3) is 0 Å². The van der Waals surface area contributed by atoms with Crippen LogP contribution in [-0.4, -0.2) is 32.8 Å². The highest BCUT2D eigenvalue weighted by atomic mass is 16.5. The van der Waals surface area contributed by atoms with Gasteiger partial charge in [-0.05, 0) is 19.9 Å². The van der Waals surface area contributed by atoms with Gasteiger partial charge < -0.3 is 19.5 Å². The van der Waals surface area contributed by atoms with Crippen molar-refractivity contribution in [3.05, 3.63) is 23.8 Å². The molecule has 1 unspecified atom stereocenters. The Kier molecular flexibility index (Phi) is 6.15. The van der Waals surface area contributed by atoms with Gasteiger partial charge in [0.25, 0.3) is 0 Å². The zero-order chi connectivity index (χ0) is 14.3. The number of esters is 1. The van der Waals surface area contributed by atoms with E-state index in [4.69, 9.17) is 14.2 Å². The molecule has 0 aliphatic rings. The molecule has 1 atom stereocenters. The predicted molar refractivity (Wildman–Crippen MR) is 72.5 cm³/mol. The first kappa shape index (κ1) is 15.3. The lowest BCUT2D eigenvalue weighted by atomic mass is 10.1. The SMILES string of the molecule is CCOC(=O)C(C)NCc1cccc(OC)c1OC. The maximum atomic E-state index is 11.5. The molecule has 1 rings (SSSR count). The molecule has 0 heterocycles. The number of carbonyl (C=O) groups excluding carboxylic acids is 1. The van der Waals surface area contributed by atoms with Crippen LogP contribution in [0.4, 0.5) is 0 Å². The number of ether oxygens (including phenoxy) is 3. The Morgan fingerprint density at radius 2 is 2.05 bits per heavy atom. The molecule has 5 nitrogen and oxygen atoms in total. The summed E-state index contributed by atoms with van der Waals surface area (Å²) in [7, 11) is 3.19. The van der Waals surface area contributed by atoms with Gasteiger partial charge in [0.15, 0.2) is 11.5 Å². The largest absolute Gasteiger partial charge is 0.493 e. The number of hydrogen-bond acceptors (Lipinski definition) is 5. The van der Waals surface area contributed by atoms with E-state index in [9.17, 15) is 4.79 Å². The van der Waals surface area contributed by atoms with Gasteiger partial charge in [-0.25, -0.2) is 0 Å². The lowest BCUT2D eigenvalue weighted by Gasteiger charge is -2.15. The van der Waals surface area contributed by atoms with E-state index in [0.717, 1.165) is 5.56 Å². The van der Waals surface area contributed by atoms with Crippen LogP contribution < -0.4 is 14.8 Å². The smallest absolute Gasteiger partial charge is 0.322 e. The summed E-state index contributed by atoms with van der Waals surface area (Å²) >= 11 is 0. The second-order valence-electron chi connectivity index (χ2n) is 4.01. The number of rotatable bonds is 7. The average Bonchev–Trinajstić information content (AvgIpc) is 2.44. The third kappa shape index (κ3) is 4.13. The fraction of sp³-hybridized carbons (Fsp3) is 0.500. The number of benzene rings is 1. The van der Waals surface area contributed by atoms with Crippen LogP contribution in [0.2, 0.25) is 0 Å². The Morgan fingerprint density at radius 3 is 2.63 bits per heavy atom. The van der Waals surface area contributed by atoms with Crippen molar-refractivity contribution < 1.29 is 19.0 Å². The van der Waals surface area contributed by atoms with E-state index in [1.165, 1.54) is 0 Å². The number of nitrogens with one attached hydrogen (secondary N) is 1. The zero-order valence-corrected chi connectivity index (χ0v) is 11.9. The second kappa shape index (κ2) is 7.63. The molecule has 0 saturated heterocycles. The van der Waals surface area contributed by atoms with E-state index in [-0.39, 0.29) is 12.0 Å². The van der Waals surface area contributed by atoms with Crippen molar-refractivity contribution in [2.75, 3.05) is 20.8 Å². The molecular formula is C14H21NO4. The van der Waals surface area contributed by atoms with E-state index in [1.54, 1.807) is 28.1 Å². The van der Waals surface area contributed by atoms with E-state index in [1.807, 2.05) is 18.2 Å². The highest BCUT2D eigenvalue weighted by molar-refractivity contribution is 5.75. The molecule has 1 aromatic rings. The third-order valence-corrected chi connectivity index (χ3v) is 2.72. The normalized spacial score (nSPS) is 11.8. The van der Waals surface area contributed by atoms with Crippen molar-refractivity contribution in [2.24, 2.45) is 0 Å². The summed E-state index contributed by atoms with van der Waals surface area (Å²) in [6, 6.07) is 5.27. The Balaban J connectivity index is 2.70. The fourth-order valence-electron chi connectivity index (χ4n) is 1.71. The minimum Gasteiger partial charge on any atom is -0.493 e. The zero-order valence-electron chi connectivity index (χ0n) is 11.9. The molecule has 0 radical (unpaired) electrons. The lowest BCUT2D eigenvalue weighted by molar-refractivity contribution is -0.145. The molecule has 1 aromatic carbocycles. The lowest BCUT2D eigenvalue weighted by Crippen LogP contribution is -2.35. The summed E-state index contributed by atoms with van der Waals surface area (Å²) in [5.41, 5.74) is 0.929. The average molecular weight is 267 g/mol. The minimum atomic E-state index is -0.365. The van der Waals surface area contributed by atoms with Crippen molar-refractivity contribution in [1.29, 1.82) is 0 Å². The summed E-state index contributed by atoms with van der Waals surface area (Å²) in [5.74, 6) is 1.09. The van der Waals surface area contributed by atoms with Crippen LogP contribution >= 0.6 is 0 Å². The Labute approximate surface area is 113 Å². The molecule has 5 heteroatoms. The highest BCUT2D eigenvalue weighted by Crippen LogP contribution is 2.30. The van der Waals surface area contributed by atoms with E-state index in [2.05, 4.69) is 5.32 Å². The van der Waals surface area contributed by atoms with Crippen molar-refractivity contribution in [1.82, 2.24) is 5.32 Å². The molecule has 0 bridgehead atoms. The van der Waals surface area contributed by atoms with Crippen LogP contribution in [-0.2, 0) is 16.1 Å². The molecule has 0 spiro atoms. The molecule has 1 N–H and O–H groups in total. The molecule has 19 heavy (non-hydrogen) atoms. The van der Waals surface area contributed by atoms with Gasteiger partial charge >= 0.3 is 5.97 Å². The van der Waals surface area contributed by atoms with Crippen LogP contribution in [0.3, 0.4) is 0 Å². The van der Waals surface area contributed by atoms with Crippen molar-refractivity contribution in [3.8, 4) is 11.5 Å². The number of carbonyl (C=O) groups is 1. The van der Waals surface area contributed by atoms with E-state index >= 15 is 0 Å². The van der Waals surface area contributed by atoms with Gasteiger partial charge in [0.1, 0.15) is 6.04 Å². The third-order valence-electron chi connectivity index (χ3n) is 2.72. The highest BCUT2D eigenvalue weighted by Gasteiger charge is 2.15. The summed E-state index contributed by atoms with van der Waals surface area (Å²) in [6.45, 7) is 4.44. The van der Waals surface area contributed by atoms with Gasteiger partial charge in [0.05, 0.1) is 20.8 Å². The van der Waals surface area contributed by atoms with Crippen molar-refractivity contribution in [3.63, 3.8) is 0 Å². The quantitative estimate of drug-likeness (QED) is 0.763. The summed E-state index contributed by atoms with van der Waals surface area (Å²) in [4.78, 5) is 11.5. The number of hydrogen-bond donors (Lipinski definition) is 1. The molecule has 0 aliphatic heterocycles. The van der Waals surface area contributed by atoms with Gasteiger partial charge in [0.2, 0.25) is 0 Å². The first-order valence-electron chi connectivity index (χ1n) is 6.23. The molecule has 106 valence electrons. The summed E-state index contributed by atoms with van der Waals surface area (Å²) in [5, 5.41) is 3.10. The molecule has 0 aliphatic carbocycles. The summed E-state index contributed by atoms with van der Waals surface area (Å²) < 4.78 is 15.5. The minimum absolute atomic E-state index is 0.260. The molecule has 0 fully saturated rings. The standard InChI is InChI=1S/C14H21NO4/c1-5-19-14(16)10(2)15-9-11-7-6-8-12(17-3)13(11)18-4/h6-8,10,15H,5,9H2,1-4H3.